The molecule has 2 aliphatic rings. The van der Waals surface area contributed by atoms with Gasteiger partial charge in [0.1, 0.15) is 0 Å². The molecule has 2 aliphatic heterocycles. The van der Waals surface area contributed by atoms with Gasteiger partial charge in [-0.1, -0.05) is 47.5 Å². The van der Waals surface area contributed by atoms with Crippen LogP contribution in [-0.2, 0) is 46.2 Å². The van der Waals surface area contributed by atoms with Crippen LogP contribution in [0.15, 0.2) is 70.5 Å². The van der Waals surface area contributed by atoms with Crippen LogP contribution in [0.1, 0.15) is 33.4 Å². The van der Waals surface area contributed by atoms with Crippen LogP contribution in [0.2, 0.25) is 0 Å². The lowest BCUT2D eigenvalue weighted by molar-refractivity contribution is 0.427. The van der Waals surface area contributed by atoms with E-state index in [9.17, 15) is 16.8 Å². The highest BCUT2D eigenvalue weighted by atomic mass is 32.2. The number of benzene rings is 3. The van der Waals surface area contributed by atoms with Crippen molar-refractivity contribution in [2.45, 2.75) is 49.8 Å². The van der Waals surface area contributed by atoms with Crippen molar-refractivity contribution in [3.05, 3.63) is 94.0 Å². The molecule has 0 bridgehead atoms. The molecule has 0 N–H and O–H groups in total. The van der Waals surface area contributed by atoms with Crippen molar-refractivity contribution in [1.29, 1.82) is 0 Å². The fourth-order valence-corrected chi connectivity index (χ4v) is 7.10. The molecule has 6 nitrogen and oxygen atoms in total. The molecule has 0 unspecified atom stereocenters. The lowest BCUT2D eigenvalue weighted by Gasteiger charge is -2.16. The Balaban J connectivity index is 1.38. The lowest BCUT2D eigenvalue weighted by Crippen LogP contribution is -2.26. The number of sulfonamides is 2. The van der Waals surface area contributed by atoms with Gasteiger partial charge in [-0.2, -0.15) is 8.61 Å². The third-order valence-electron chi connectivity index (χ3n) is 6.23. The highest BCUT2D eigenvalue weighted by molar-refractivity contribution is 7.89. The summed E-state index contributed by atoms with van der Waals surface area (Å²) in [6.45, 7) is 5.03. The van der Waals surface area contributed by atoms with Crippen molar-refractivity contribution in [3.63, 3.8) is 0 Å². The van der Waals surface area contributed by atoms with Crippen LogP contribution in [0, 0.1) is 13.8 Å². The molecule has 0 amide bonds. The summed E-state index contributed by atoms with van der Waals surface area (Å²) in [5.74, 6) is 0. The zero-order valence-electron chi connectivity index (χ0n) is 17.9. The van der Waals surface area contributed by atoms with E-state index in [1.54, 1.807) is 48.5 Å². The quantitative estimate of drug-likeness (QED) is 0.585. The molecule has 0 saturated carbocycles. The molecule has 166 valence electrons. The maximum absolute atomic E-state index is 13.1. The molecule has 0 aliphatic carbocycles. The van der Waals surface area contributed by atoms with Crippen LogP contribution in [0.25, 0.3) is 0 Å². The van der Waals surface area contributed by atoms with E-state index < -0.39 is 20.0 Å². The molecule has 2 heterocycles. The fraction of sp³-hybridized carbons (Fsp3) is 0.250. The predicted molar refractivity (Wildman–Crippen MR) is 122 cm³/mol. The number of fused-ring (bicyclic) bond motifs is 2. The molecule has 32 heavy (non-hydrogen) atoms. The van der Waals surface area contributed by atoms with E-state index in [0.717, 1.165) is 33.4 Å². The van der Waals surface area contributed by atoms with E-state index in [1.165, 1.54) is 8.61 Å². The van der Waals surface area contributed by atoms with Crippen molar-refractivity contribution >= 4 is 20.0 Å². The van der Waals surface area contributed by atoms with Crippen LogP contribution in [0.3, 0.4) is 0 Å². The number of nitrogens with zero attached hydrogens (tertiary/aromatic N) is 2. The second-order valence-corrected chi connectivity index (χ2v) is 12.4. The van der Waals surface area contributed by atoms with E-state index in [1.807, 2.05) is 26.0 Å². The third-order valence-corrected chi connectivity index (χ3v) is 9.84. The Morgan fingerprint density at radius 3 is 1.09 bits per heavy atom. The molecule has 0 spiro atoms. The van der Waals surface area contributed by atoms with Crippen LogP contribution in [-0.4, -0.2) is 25.4 Å². The fourth-order valence-electron chi connectivity index (χ4n) is 4.31. The third kappa shape index (κ3) is 3.57. The maximum Gasteiger partial charge on any atom is 0.243 e. The summed E-state index contributed by atoms with van der Waals surface area (Å²) >= 11 is 0. The molecule has 0 aromatic heterocycles. The van der Waals surface area contributed by atoms with Crippen LogP contribution in [0.5, 0.6) is 0 Å². The standard InChI is InChI=1S/C24H24N2O4S2/c1-17-3-7-23(8-4-17)31(27,28)25-13-19-11-21-15-26(16-22(21)12-20(19)14-25)32(29,30)24-9-5-18(2)6-10-24/h3-12H,13-16H2,1-2H3. The molecule has 8 heteroatoms. The lowest BCUT2D eigenvalue weighted by atomic mass is 10.0. The van der Waals surface area contributed by atoms with Gasteiger partial charge in [-0.05, 0) is 60.4 Å². The van der Waals surface area contributed by atoms with Crippen molar-refractivity contribution in [1.82, 2.24) is 8.61 Å². The number of aryl methyl sites for hydroxylation is 2. The first-order valence-corrected chi connectivity index (χ1v) is 13.3. The SMILES string of the molecule is Cc1ccc(S(=O)(=O)N2Cc3cc4c(cc3C2)CN(S(=O)(=O)c2ccc(C)cc2)C4)cc1. The summed E-state index contributed by atoms with van der Waals surface area (Å²) in [4.78, 5) is 0.581. The summed E-state index contributed by atoms with van der Waals surface area (Å²) < 4.78 is 55.3. The van der Waals surface area contributed by atoms with E-state index >= 15 is 0 Å². The van der Waals surface area contributed by atoms with Gasteiger partial charge < -0.3 is 0 Å². The smallest absolute Gasteiger partial charge is 0.207 e. The summed E-state index contributed by atoms with van der Waals surface area (Å²) in [7, 11) is -7.17. The van der Waals surface area contributed by atoms with E-state index in [4.69, 9.17) is 0 Å². The molecule has 3 aromatic rings. The van der Waals surface area contributed by atoms with Gasteiger partial charge in [-0.3, -0.25) is 0 Å². The number of hydrogen-bond donors (Lipinski definition) is 0. The summed E-state index contributed by atoms with van der Waals surface area (Å²) in [6.07, 6.45) is 0. The van der Waals surface area contributed by atoms with E-state index in [-0.39, 0.29) is 0 Å². The average molecular weight is 469 g/mol. The van der Waals surface area contributed by atoms with Crippen molar-refractivity contribution < 1.29 is 16.8 Å². The molecule has 0 saturated heterocycles. The zero-order valence-corrected chi connectivity index (χ0v) is 19.6. The average Bonchev–Trinajstić information content (AvgIpc) is 3.36. The first kappa shape index (κ1) is 21.3. The van der Waals surface area contributed by atoms with Crippen LogP contribution < -0.4 is 0 Å². The maximum atomic E-state index is 13.1. The Morgan fingerprint density at radius 1 is 0.531 bits per heavy atom. The molecule has 0 radical (unpaired) electrons. The van der Waals surface area contributed by atoms with Gasteiger partial charge in [-0.15, -0.1) is 0 Å². The number of hydrogen-bond acceptors (Lipinski definition) is 4. The molecule has 0 atom stereocenters. The predicted octanol–water partition coefficient (Wildman–Crippen LogP) is 3.71. The molecule has 3 aromatic carbocycles. The largest absolute Gasteiger partial charge is 0.243 e. The Hall–Kier alpha value is -2.52. The van der Waals surface area contributed by atoms with Crippen molar-refractivity contribution in [2.75, 3.05) is 0 Å². The van der Waals surface area contributed by atoms with E-state index in [2.05, 4.69) is 0 Å². The molecular formula is C24H24N2O4S2. The van der Waals surface area contributed by atoms with Crippen LogP contribution in [0.4, 0.5) is 0 Å². The minimum absolute atomic E-state index is 0.291. The normalized spacial score (nSPS) is 16.8. The summed E-state index contributed by atoms with van der Waals surface area (Å²) in [6, 6.07) is 17.7. The van der Waals surface area contributed by atoms with Gasteiger partial charge in [0.2, 0.25) is 20.0 Å². The van der Waals surface area contributed by atoms with Gasteiger partial charge in [-0.25, -0.2) is 16.8 Å². The van der Waals surface area contributed by atoms with Gasteiger partial charge in [0.15, 0.2) is 0 Å². The highest BCUT2D eigenvalue weighted by Crippen LogP contribution is 2.35. The molecular weight excluding hydrogens is 444 g/mol. The van der Waals surface area contributed by atoms with Crippen LogP contribution >= 0.6 is 0 Å². The Bertz CT molecular complexity index is 1270. The molecule has 5 rings (SSSR count). The first-order valence-electron chi connectivity index (χ1n) is 10.4. The van der Waals surface area contributed by atoms with Crippen molar-refractivity contribution in [3.8, 4) is 0 Å². The van der Waals surface area contributed by atoms with Gasteiger partial charge in [0.05, 0.1) is 9.79 Å². The van der Waals surface area contributed by atoms with Gasteiger partial charge in [0, 0.05) is 26.2 Å². The van der Waals surface area contributed by atoms with E-state index in [0.29, 0.717) is 36.0 Å². The molecule has 0 fully saturated rings. The monoisotopic (exact) mass is 468 g/mol. The Kier molecular flexibility index (Phi) is 5.01. The summed E-state index contributed by atoms with van der Waals surface area (Å²) in [5, 5.41) is 0. The number of rotatable bonds is 4. The minimum Gasteiger partial charge on any atom is -0.207 e. The topological polar surface area (TPSA) is 74.8 Å². The first-order chi connectivity index (χ1) is 15.1. The van der Waals surface area contributed by atoms with Crippen molar-refractivity contribution in [2.24, 2.45) is 0 Å². The Morgan fingerprint density at radius 2 is 0.812 bits per heavy atom. The second-order valence-electron chi connectivity index (χ2n) is 8.56. The Labute approximate surface area is 189 Å². The highest BCUT2D eigenvalue weighted by Gasteiger charge is 2.35. The summed E-state index contributed by atoms with van der Waals surface area (Å²) in [5.41, 5.74) is 5.77. The second kappa shape index (κ2) is 7.52. The minimum atomic E-state index is -3.58. The van der Waals surface area contributed by atoms with Gasteiger partial charge >= 0.3 is 0 Å². The zero-order chi connectivity index (χ0) is 22.7. The van der Waals surface area contributed by atoms with Gasteiger partial charge in [0.25, 0.3) is 0 Å².